The summed E-state index contributed by atoms with van der Waals surface area (Å²) in [5, 5.41) is 13.7. The van der Waals surface area contributed by atoms with E-state index >= 15 is 0 Å². The third-order valence-corrected chi connectivity index (χ3v) is 6.83. The van der Waals surface area contributed by atoms with Crippen molar-refractivity contribution in [3.63, 3.8) is 0 Å². The third-order valence-electron chi connectivity index (χ3n) is 5.97. The molecule has 4 rings (SSSR count). The number of hydrogen-bond acceptors (Lipinski definition) is 4. The van der Waals surface area contributed by atoms with Gasteiger partial charge in [0.25, 0.3) is 0 Å². The van der Waals surface area contributed by atoms with Gasteiger partial charge in [-0.3, -0.25) is 4.79 Å². The van der Waals surface area contributed by atoms with Gasteiger partial charge in [0.2, 0.25) is 5.91 Å². The van der Waals surface area contributed by atoms with Crippen LogP contribution in [-0.4, -0.2) is 22.8 Å². The lowest BCUT2D eigenvalue weighted by Gasteiger charge is -2.36. The number of carbonyl (C=O) groups is 2. The van der Waals surface area contributed by atoms with Crippen LogP contribution in [0.5, 0.6) is 0 Å². The van der Waals surface area contributed by atoms with E-state index in [-0.39, 0.29) is 23.8 Å². The maximum atomic E-state index is 13.4. The Labute approximate surface area is 146 Å². The van der Waals surface area contributed by atoms with Crippen LogP contribution in [0.15, 0.2) is 29.7 Å². The Kier molecular flexibility index (Phi) is 4.21. The van der Waals surface area contributed by atoms with Crippen molar-refractivity contribution in [1.29, 1.82) is 0 Å². The second-order valence-electron chi connectivity index (χ2n) is 7.30. The number of amides is 1. The van der Waals surface area contributed by atoms with E-state index in [0.717, 1.165) is 32.1 Å². The number of carbonyl (C=O) groups excluding carboxylic acids is 2. The standard InChI is InChI=1S/C19H23NO3S/c21-18(16-12-7-8-13(10-12)17(16)19(22)23)20(14-4-1-2-5-14)11-15-6-3-9-24-15/h3,6-9,12-14,16-17H,1-2,4-5,10-11H2,(H,22,23)/p-1/t12-,13-,16+,17-/m1/s1. The van der Waals surface area contributed by atoms with Crippen LogP contribution in [0.25, 0.3) is 0 Å². The normalized spacial score (nSPS) is 31.7. The van der Waals surface area contributed by atoms with Crippen molar-refractivity contribution in [3.05, 3.63) is 34.5 Å². The maximum absolute atomic E-state index is 13.4. The van der Waals surface area contributed by atoms with Crippen LogP contribution < -0.4 is 5.11 Å². The van der Waals surface area contributed by atoms with Gasteiger partial charge in [-0.15, -0.1) is 11.3 Å². The van der Waals surface area contributed by atoms with Crippen LogP contribution >= 0.6 is 11.3 Å². The van der Waals surface area contributed by atoms with Crippen molar-refractivity contribution in [3.8, 4) is 0 Å². The van der Waals surface area contributed by atoms with E-state index in [4.69, 9.17) is 0 Å². The van der Waals surface area contributed by atoms with Gasteiger partial charge >= 0.3 is 0 Å². The van der Waals surface area contributed by atoms with Gasteiger partial charge in [-0.25, -0.2) is 0 Å². The summed E-state index contributed by atoms with van der Waals surface area (Å²) in [4.78, 5) is 28.2. The first-order valence-electron chi connectivity index (χ1n) is 8.87. The van der Waals surface area contributed by atoms with E-state index in [2.05, 4.69) is 6.07 Å². The van der Waals surface area contributed by atoms with Crippen molar-refractivity contribution in [2.24, 2.45) is 23.7 Å². The summed E-state index contributed by atoms with van der Waals surface area (Å²) in [5.41, 5.74) is 0. The number of aliphatic carboxylic acids is 1. The Hall–Kier alpha value is -1.62. The number of carboxylic acid groups (broad SMARTS) is 1. The quantitative estimate of drug-likeness (QED) is 0.770. The molecule has 3 aliphatic rings. The average molecular weight is 344 g/mol. The Morgan fingerprint density at radius 1 is 1.17 bits per heavy atom. The fraction of sp³-hybridized carbons (Fsp3) is 0.579. The molecule has 0 aromatic carbocycles. The van der Waals surface area contributed by atoms with Gasteiger partial charge in [-0.05, 0) is 42.5 Å². The van der Waals surface area contributed by atoms with E-state index in [1.807, 2.05) is 28.5 Å². The van der Waals surface area contributed by atoms with Crippen LogP contribution in [0.1, 0.15) is 37.0 Å². The number of thiophene rings is 1. The zero-order chi connectivity index (χ0) is 16.7. The summed E-state index contributed by atoms with van der Waals surface area (Å²) in [6.45, 7) is 0.610. The molecule has 0 unspecified atom stereocenters. The number of hydrogen-bond donors (Lipinski definition) is 0. The predicted octanol–water partition coefficient (Wildman–Crippen LogP) is 2.21. The predicted molar refractivity (Wildman–Crippen MR) is 89.8 cm³/mol. The smallest absolute Gasteiger partial charge is 0.227 e. The van der Waals surface area contributed by atoms with Crippen LogP contribution in [0, 0.1) is 23.7 Å². The van der Waals surface area contributed by atoms with E-state index in [0.29, 0.717) is 6.54 Å². The summed E-state index contributed by atoms with van der Waals surface area (Å²) < 4.78 is 0. The molecular weight excluding hydrogens is 322 g/mol. The van der Waals surface area contributed by atoms with Crippen LogP contribution in [0.4, 0.5) is 0 Å². The Bertz CT molecular complexity index is 648. The lowest BCUT2D eigenvalue weighted by molar-refractivity contribution is -0.313. The number of carboxylic acids is 1. The fourth-order valence-corrected chi connectivity index (χ4v) is 5.55. The van der Waals surface area contributed by atoms with E-state index in [9.17, 15) is 14.7 Å². The maximum Gasteiger partial charge on any atom is 0.227 e. The number of allylic oxidation sites excluding steroid dienone is 2. The molecular formula is C19H22NO3S-. The number of nitrogens with zero attached hydrogens (tertiary/aromatic N) is 1. The van der Waals surface area contributed by atoms with Gasteiger partial charge in [0.15, 0.2) is 0 Å². The molecule has 5 heteroatoms. The Morgan fingerprint density at radius 2 is 1.88 bits per heavy atom. The van der Waals surface area contributed by atoms with Crippen molar-refractivity contribution in [2.75, 3.05) is 0 Å². The zero-order valence-electron chi connectivity index (χ0n) is 13.6. The van der Waals surface area contributed by atoms with Gasteiger partial charge in [0, 0.05) is 22.8 Å². The molecule has 4 nitrogen and oxygen atoms in total. The van der Waals surface area contributed by atoms with Gasteiger partial charge < -0.3 is 14.8 Å². The second kappa shape index (κ2) is 6.36. The second-order valence-corrected chi connectivity index (χ2v) is 8.33. The van der Waals surface area contributed by atoms with Gasteiger partial charge in [0.05, 0.1) is 12.5 Å². The first-order valence-corrected chi connectivity index (χ1v) is 9.75. The molecule has 1 aromatic heterocycles. The van der Waals surface area contributed by atoms with Crippen molar-refractivity contribution < 1.29 is 14.7 Å². The molecule has 3 aliphatic carbocycles. The van der Waals surface area contributed by atoms with Crippen LogP contribution in [0.2, 0.25) is 0 Å². The van der Waals surface area contributed by atoms with Crippen LogP contribution in [-0.2, 0) is 16.1 Å². The molecule has 0 N–H and O–H groups in total. The minimum Gasteiger partial charge on any atom is -0.550 e. The molecule has 0 saturated heterocycles. The summed E-state index contributed by atoms with van der Waals surface area (Å²) >= 11 is 1.66. The highest BCUT2D eigenvalue weighted by molar-refractivity contribution is 7.09. The number of rotatable bonds is 5. The molecule has 1 aromatic rings. The molecule has 2 saturated carbocycles. The minimum atomic E-state index is -1.06. The minimum absolute atomic E-state index is 0.0267. The van der Waals surface area contributed by atoms with E-state index < -0.39 is 17.8 Å². The molecule has 4 atom stereocenters. The molecule has 1 heterocycles. The zero-order valence-corrected chi connectivity index (χ0v) is 14.4. The van der Waals surface area contributed by atoms with Gasteiger partial charge in [-0.1, -0.05) is 31.1 Å². The summed E-state index contributed by atoms with van der Waals surface area (Å²) in [7, 11) is 0. The highest BCUT2D eigenvalue weighted by Crippen LogP contribution is 2.49. The molecule has 2 fully saturated rings. The molecule has 1 amide bonds. The Balaban J connectivity index is 1.60. The number of fused-ring (bicyclic) bond motifs is 2. The third kappa shape index (κ3) is 2.69. The SMILES string of the molecule is O=C([O-])[C@H]1[C@@H](C(=O)N(Cc2cccs2)C2CCCC2)[C@@H]2C=C[C@@H]1C2. The largest absolute Gasteiger partial charge is 0.550 e. The summed E-state index contributed by atoms with van der Waals surface area (Å²) in [6.07, 6.45) is 9.16. The topological polar surface area (TPSA) is 60.4 Å². The van der Waals surface area contributed by atoms with E-state index in [1.165, 1.54) is 4.88 Å². The highest BCUT2D eigenvalue weighted by Gasteiger charge is 2.50. The van der Waals surface area contributed by atoms with Crippen molar-refractivity contribution in [1.82, 2.24) is 4.90 Å². The monoisotopic (exact) mass is 344 g/mol. The van der Waals surface area contributed by atoms with E-state index in [1.54, 1.807) is 11.3 Å². The van der Waals surface area contributed by atoms with Crippen LogP contribution in [0.3, 0.4) is 0 Å². The molecule has 24 heavy (non-hydrogen) atoms. The van der Waals surface area contributed by atoms with Gasteiger partial charge in [-0.2, -0.15) is 0 Å². The first kappa shape index (κ1) is 15.9. The molecule has 0 radical (unpaired) electrons. The fourth-order valence-electron chi connectivity index (χ4n) is 4.85. The average Bonchev–Trinajstić information content (AvgIpc) is 3.36. The molecule has 128 valence electrons. The Morgan fingerprint density at radius 3 is 2.50 bits per heavy atom. The summed E-state index contributed by atoms with van der Waals surface area (Å²) in [6, 6.07) is 4.31. The summed E-state index contributed by atoms with van der Waals surface area (Å²) in [5.74, 6) is -2.09. The van der Waals surface area contributed by atoms with Crippen molar-refractivity contribution >= 4 is 23.2 Å². The van der Waals surface area contributed by atoms with Crippen molar-refractivity contribution in [2.45, 2.75) is 44.7 Å². The lowest BCUT2D eigenvalue weighted by atomic mass is 9.81. The first-order chi connectivity index (χ1) is 11.6. The molecule has 0 spiro atoms. The molecule has 0 aliphatic heterocycles. The van der Waals surface area contributed by atoms with Gasteiger partial charge in [0.1, 0.15) is 0 Å². The molecule has 2 bridgehead atoms. The highest BCUT2D eigenvalue weighted by atomic mass is 32.1. The lowest BCUT2D eigenvalue weighted by Crippen LogP contribution is -2.48.